The molecule has 1 rings (SSSR count). The summed E-state index contributed by atoms with van der Waals surface area (Å²) in [6.07, 6.45) is 0.740. The highest BCUT2D eigenvalue weighted by atomic mass is 79.9. The third-order valence-corrected chi connectivity index (χ3v) is 3.34. The molecule has 0 amide bonds. The number of nitrogens with one attached hydrogen (secondary N) is 1. The minimum atomic E-state index is -0.0544. The fourth-order valence-electron chi connectivity index (χ4n) is 1.53. The molecule has 0 atom stereocenters. The van der Waals surface area contributed by atoms with Gasteiger partial charge in [-0.25, -0.2) is 0 Å². The van der Waals surface area contributed by atoms with Crippen LogP contribution in [0.2, 0.25) is 0 Å². The molecule has 0 saturated heterocycles. The van der Waals surface area contributed by atoms with Gasteiger partial charge in [0.15, 0.2) is 0 Å². The first-order valence-corrected chi connectivity index (χ1v) is 6.46. The van der Waals surface area contributed by atoms with Crippen molar-refractivity contribution in [2.45, 2.75) is 32.4 Å². The van der Waals surface area contributed by atoms with E-state index in [2.05, 4.69) is 35.1 Å². The van der Waals surface area contributed by atoms with Gasteiger partial charge in [0, 0.05) is 18.7 Å². The van der Waals surface area contributed by atoms with E-state index in [9.17, 15) is 0 Å². The Labute approximate surface area is 111 Å². The van der Waals surface area contributed by atoms with Gasteiger partial charge in [-0.05, 0) is 53.9 Å². The fraction of sp³-hybridized carbons (Fsp3) is 0.538. The molecule has 0 saturated carbocycles. The Morgan fingerprint density at radius 3 is 2.65 bits per heavy atom. The number of hydrogen-bond acceptors (Lipinski definition) is 3. The second-order valence-corrected chi connectivity index (χ2v) is 5.53. The van der Waals surface area contributed by atoms with Crippen LogP contribution in [0.15, 0.2) is 22.7 Å². The molecule has 0 fully saturated rings. The molecule has 0 aliphatic rings. The minimum absolute atomic E-state index is 0.0544. The summed E-state index contributed by atoms with van der Waals surface area (Å²) >= 11 is 3.47. The predicted molar refractivity (Wildman–Crippen MR) is 73.3 cm³/mol. The van der Waals surface area contributed by atoms with Gasteiger partial charge in [-0.3, -0.25) is 0 Å². The first kappa shape index (κ1) is 14.5. The van der Waals surface area contributed by atoms with E-state index in [1.165, 1.54) is 5.56 Å². The molecule has 3 nitrogen and oxygen atoms in total. The summed E-state index contributed by atoms with van der Waals surface area (Å²) in [5.74, 6) is 0.836. The molecular formula is C13H20BrNO2. The summed E-state index contributed by atoms with van der Waals surface area (Å²) in [5.41, 5.74) is 1.13. The minimum Gasteiger partial charge on any atom is -0.496 e. The van der Waals surface area contributed by atoms with Crippen molar-refractivity contribution in [1.82, 2.24) is 5.32 Å². The van der Waals surface area contributed by atoms with Gasteiger partial charge in [-0.1, -0.05) is 6.07 Å². The van der Waals surface area contributed by atoms with Gasteiger partial charge in [0.2, 0.25) is 0 Å². The average Bonchev–Trinajstić information content (AvgIpc) is 2.27. The molecule has 0 aromatic heterocycles. The first-order valence-electron chi connectivity index (χ1n) is 5.67. The second kappa shape index (κ2) is 6.38. The Morgan fingerprint density at radius 1 is 1.41 bits per heavy atom. The van der Waals surface area contributed by atoms with E-state index in [0.29, 0.717) is 0 Å². The van der Waals surface area contributed by atoms with Gasteiger partial charge in [0.25, 0.3) is 0 Å². The maximum Gasteiger partial charge on any atom is 0.133 e. The van der Waals surface area contributed by atoms with Crippen LogP contribution < -0.4 is 10.1 Å². The van der Waals surface area contributed by atoms with E-state index in [4.69, 9.17) is 9.84 Å². The molecule has 0 spiro atoms. The molecule has 1 aromatic carbocycles. The van der Waals surface area contributed by atoms with Crippen molar-refractivity contribution >= 4 is 15.9 Å². The summed E-state index contributed by atoms with van der Waals surface area (Å²) in [6.45, 7) is 5.14. The van der Waals surface area contributed by atoms with Crippen LogP contribution in [-0.4, -0.2) is 24.4 Å². The van der Waals surface area contributed by atoms with Gasteiger partial charge in [0.1, 0.15) is 5.75 Å². The zero-order chi connectivity index (χ0) is 12.9. The van der Waals surface area contributed by atoms with E-state index < -0.39 is 0 Å². The van der Waals surface area contributed by atoms with Crippen LogP contribution in [-0.2, 0) is 6.54 Å². The lowest BCUT2D eigenvalue weighted by molar-refractivity contribution is 0.230. The SMILES string of the molecule is COc1ccc(CNC(C)(C)CCO)cc1Br. The van der Waals surface area contributed by atoms with Crippen molar-refractivity contribution < 1.29 is 9.84 Å². The van der Waals surface area contributed by atoms with Gasteiger partial charge in [-0.2, -0.15) is 0 Å². The molecule has 0 unspecified atom stereocenters. The number of benzene rings is 1. The largest absolute Gasteiger partial charge is 0.496 e. The predicted octanol–water partition coefficient (Wildman–Crippen LogP) is 2.71. The Morgan fingerprint density at radius 2 is 2.12 bits per heavy atom. The molecule has 0 radical (unpaired) electrons. The molecule has 17 heavy (non-hydrogen) atoms. The molecule has 0 aliphatic heterocycles. The zero-order valence-corrected chi connectivity index (χ0v) is 12.2. The summed E-state index contributed by atoms with van der Waals surface area (Å²) in [5, 5.41) is 12.4. The summed E-state index contributed by atoms with van der Waals surface area (Å²) in [6, 6.07) is 6.02. The van der Waals surface area contributed by atoms with Crippen LogP contribution in [0.3, 0.4) is 0 Å². The molecule has 1 aromatic rings. The van der Waals surface area contributed by atoms with Crippen LogP contribution in [0.25, 0.3) is 0 Å². The highest BCUT2D eigenvalue weighted by molar-refractivity contribution is 9.10. The lowest BCUT2D eigenvalue weighted by Crippen LogP contribution is -2.39. The van der Waals surface area contributed by atoms with Crippen LogP contribution in [0.1, 0.15) is 25.8 Å². The van der Waals surface area contributed by atoms with Crippen molar-refractivity contribution in [2.75, 3.05) is 13.7 Å². The number of aliphatic hydroxyl groups excluding tert-OH is 1. The van der Waals surface area contributed by atoms with E-state index in [1.807, 2.05) is 18.2 Å². The highest BCUT2D eigenvalue weighted by Gasteiger charge is 2.15. The third kappa shape index (κ3) is 4.66. The topological polar surface area (TPSA) is 41.5 Å². The number of rotatable bonds is 6. The van der Waals surface area contributed by atoms with E-state index in [1.54, 1.807) is 7.11 Å². The molecule has 4 heteroatoms. The van der Waals surface area contributed by atoms with Crippen molar-refractivity contribution in [3.63, 3.8) is 0 Å². The van der Waals surface area contributed by atoms with E-state index in [0.717, 1.165) is 23.2 Å². The van der Waals surface area contributed by atoms with Crippen LogP contribution in [0.4, 0.5) is 0 Å². The van der Waals surface area contributed by atoms with Gasteiger partial charge in [0.05, 0.1) is 11.6 Å². The molecule has 96 valence electrons. The number of halogens is 1. The molecular weight excluding hydrogens is 282 g/mol. The zero-order valence-electron chi connectivity index (χ0n) is 10.6. The molecule has 0 bridgehead atoms. The number of ether oxygens (including phenoxy) is 1. The lowest BCUT2D eigenvalue weighted by Gasteiger charge is -2.25. The summed E-state index contributed by atoms with van der Waals surface area (Å²) < 4.78 is 6.14. The normalized spacial score (nSPS) is 11.6. The first-order chi connectivity index (χ1) is 7.98. The summed E-state index contributed by atoms with van der Waals surface area (Å²) in [4.78, 5) is 0. The molecule has 0 heterocycles. The Hall–Kier alpha value is -0.580. The lowest BCUT2D eigenvalue weighted by atomic mass is 10.0. The van der Waals surface area contributed by atoms with Gasteiger partial charge in [-0.15, -0.1) is 0 Å². The van der Waals surface area contributed by atoms with Crippen molar-refractivity contribution in [2.24, 2.45) is 0 Å². The maximum absolute atomic E-state index is 8.95. The van der Waals surface area contributed by atoms with Gasteiger partial charge >= 0.3 is 0 Å². The summed E-state index contributed by atoms with van der Waals surface area (Å²) in [7, 11) is 1.66. The fourth-order valence-corrected chi connectivity index (χ4v) is 2.12. The van der Waals surface area contributed by atoms with E-state index in [-0.39, 0.29) is 12.1 Å². The molecule has 0 aliphatic carbocycles. The van der Waals surface area contributed by atoms with Crippen LogP contribution >= 0.6 is 15.9 Å². The smallest absolute Gasteiger partial charge is 0.133 e. The van der Waals surface area contributed by atoms with Crippen molar-refractivity contribution in [1.29, 1.82) is 0 Å². The second-order valence-electron chi connectivity index (χ2n) is 4.68. The average molecular weight is 302 g/mol. The highest BCUT2D eigenvalue weighted by Crippen LogP contribution is 2.25. The quantitative estimate of drug-likeness (QED) is 0.849. The standard InChI is InChI=1S/C13H20BrNO2/c1-13(2,6-7-16)15-9-10-4-5-12(17-3)11(14)8-10/h4-5,8,15-16H,6-7,9H2,1-3H3. The van der Waals surface area contributed by atoms with Crippen LogP contribution in [0, 0.1) is 0 Å². The number of methoxy groups -OCH3 is 1. The van der Waals surface area contributed by atoms with Crippen molar-refractivity contribution in [3.8, 4) is 5.75 Å². The van der Waals surface area contributed by atoms with Crippen molar-refractivity contribution in [3.05, 3.63) is 28.2 Å². The third-order valence-electron chi connectivity index (χ3n) is 2.72. The Bertz CT molecular complexity index is 366. The maximum atomic E-state index is 8.95. The van der Waals surface area contributed by atoms with Crippen LogP contribution in [0.5, 0.6) is 5.75 Å². The number of aliphatic hydroxyl groups is 1. The van der Waals surface area contributed by atoms with Gasteiger partial charge < -0.3 is 15.2 Å². The monoisotopic (exact) mass is 301 g/mol. The Kier molecular flexibility index (Phi) is 5.43. The van der Waals surface area contributed by atoms with E-state index >= 15 is 0 Å². The number of hydrogen-bond donors (Lipinski definition) is 2. The molecule has 2 N–H and O–H groups in total. The Balaban J connectivity index is 2.61.